The quantitative estimate of drug-likeness (QED) is 0.771. The van der Waals surface area contributed by atoms with Crippen LogP contribution in [0.1, 0.15) is 32.6 Å². The lowest BCUT2D eigenvalue weighted by Crippen LogP contribution is -2.48. The molecule has 98 valence electrons. The molecular formula is C13H24N2O2. The molecule has 17 heavy (non-hydrogen) atoms. The molecule has 0 bridgehead atoms. The highest BCUT2D eigenvalue weighted by Crippen LogP contribution is 2.27. The standard InChI is InChI=1S/C13H24N2O2/c1-10-2-4-11(5-3-10)8-15-13(16)12-9-14-6-7-17-12/h10-12,14H,2-9H2,1H3,(H,15,16). The number of amides is 1. The molecule has 0 aromatic rings. The van der Waals surface area contributed by atoms with Crippen molar-refractivity contribution in [3.8, 4) is 0 Å². The van der Waals surface area contributed by atoms with Crippen LogP contribution in [0.2, 0.25) is 0 Å². The second kappa shape index (κ2) is 6.36. The van der Waals surface area contributed by atoms with Crippen LogP contribution in [0.4, 0.5) is 0 Å². The van der Waals surface area contributed by atoms with Crippen LogP contribution in [0.5, 0.6) is 0 Å². The maximum Gasteiger partial charge on any atom is 0.250 e. The third kappa shape index (κ3) is 3.96. The van der Waals surface area contributed by atoms with Crippen LogP contribution in [-0.2, 0) is 9.53 Å². The number of ether oxygens (including phenoxy) is 1. The molecular weight excluding hydrogens is 216 g/mol. The summed E-state index contributed by atoms with van der Waals surface area (Å²) in [5.41, 5.74) is 0. The fourth-order valence-corrected chi connectivity index (χ4v) is 2.63. The summed E-state index contributed by atoms with van der Waals surface area (Å²) >= 11 is 0. The molecule has 1 aliphatic carbocycles. The van der Waals surface area contributed by atoms with Gasteiger partial charge in [-0.1, -0.05) is 19.8 Å². The van der Waals surface area contributed by atoms with Crippen LogP contribution in [0.25, 0.3) is 0 Å². The number of morpholine rings is 1. The van der Waals surface area contributed by atoms with E-state index in [9.17, 15) is 4.79 Å². The van der Waals surface area contributed by atoms with Gasteiger partial charge in [-0.25, -0.2) is 0 Å². The van der Waals surface area contributed by atoms with Crippen LogP contribution in [-0.4, -0.2) is 38.3 Å². The van der Waals surface area contributed by atoms with Crippen LogP contribution >= 0.6 is 0 Å². The van der Waals surface area contributed by atoms with Gasteiger partial charge in [0, 0.05) is 19.6 Å². The zero-order valence-electron chi connectivity index (χ0n) is 10.7. The number of hydrogen-bond acceptors (Lipinski definition) is 3. The number of carbonyl (C=O) groups excluding carboxylic acids is 1. The number of carbonyl (C=O) groups is 1. The van der Waals surface area contributed by atoms with Gasteiger partial charge in [-0.3, -0.25) is 4.79 Å². The van der Waals surface area contributed by atoms with E-state index in [0.717, 1.165) is 19.0 Å². The molecule has 2 fully saturated rings. The van der Waals surface area contributed by atoms with Crippen molar-refractivity contribution in [2.45, 2.75) is 38.7 Å². The molecule has 0 radical (unpaired) electrons. The Hall–Kier alpha value is -0.610. The minimum atomic E-state index is -0.286. The van der Waals surface area contributed by atoms with Gasteiger partial charge >= 0.3 is 0 Å². The van der Waals surface area contributed by atoms with Crippen LogP contribution in [0.15, 0.2) is 0 Å². The lowest BCUT2D eigenvalue weighted by molar-refractivity contribution is -0.134. The van der Waals surface area contributed by atoms with E-state index in [1.165, 1.54) is 25.7 Å². The monoisotopic (exact) mass is 240 g/mol. The molecule has 1 aliphatic heterocycles. The molecule has 0 aromatic carbocycles. The Labute approximate surface area is 103 Å². The average Bonchev–Trinajstić information content (AvgIpc) is 2.39. The Bertz CT molecular complexity index is 244. The van der Waals surface area contributed by atoms with Crippen molar-refractivity contribution in [3.05, 3.63) is 0 Å². The van der Waals surface area contributed by atoms with Crippen LogP contribution < -0.4 is 10.6 Å². The minimum Gasteiger partial charge on any atom is -0.366 e. The van der Waals surface area contributed by atoms with Crippen molar-refractivity contribution in [2.24, 2.45) is 11.8 Å². The predicted molar refractivity (Wildman–Crippen MR) is 66.7 cm³/mol. The van der Waals surface area contributed by atoms with Gasteiger partial charge in [0.1, 0.15) is 6.10 Å². The molecule has 0 spiro atoms. The Morgan fingerprint density at radius 1 is 1.35 bits per heavy atom. The Morgan fingerprint density at radius 2 is 2.12 bits per heavy atom. The third-order valence-electron chi connectivity index (χ3n) is 3.92. The Balaban J connectivity index is 1.65. The fourth-order valence-electron chi connectivity index (χ4n) is 2.63. The van der Waals surface area contributed by atoms with E-state index in [1.807, 2.05) is 0 Å². The van der Waals surface area contributed by atoms with Gasteiger partial charge in [-0.05, 0) is 24.7 Å². The van der Waals surface area contributed by atoms with Gasteiger partial charge in [0.05, 0.1) is 6.61 Å². The summed E-state index contributed by atoms with van der Waals surface area (Å²) in [4.78, 5) is 11.8. The zero-order chi connectivity index (χ0) is 12.1. The number of rotatable bonds is 3. The van der Waals surface area contributed by atoms with Gasteiger partial charge in [-0.2, -0.15) is 0 Å². The van der Waals surface area contributed by atoms with Gasteiger partial charge < -0.3 is 15.4 Å². The molecule has 1 heterocycles. The molecule has 2 N–H and O–H groups in total. The molecule has 2 rings (SSSR count). The number of hydrogen-bond donors (Lipinski definition) is 2. The summed E-state index contributed by atoms with van der Waals surface area (Å²) in [5.74, 6) is 1.59. The largest absolute Gasteiger partial charge is 0.366 e. The molecule has 1 saturated heterocycles. The lowest BCUT2D eigenvalue weighted by Gasteiger charge is -2.28. The second-order valence-electron chi connectivity index (χ2n) is 5.43. The van der Waals surface area contributed by atoms with Crippen molar-refractivity contribution < 1.29 is 9.53 Å². The molecule has 0 aromatic heterocycles. The highest BCUT2D eigenvalue weighted by atomic mass is 16.5. The third-order valence-corrected chi connectivity index (χ3v) is 3.92. The molecule has 1 atom stereocenters. The molecule has 4 heteroatoms. The van der Waals surface area contributed by atoms with Crippen molar-refractivity contribution in [1.29, 1.82) is 0 Å². The Kier molecular flexibility index (Phi) is 4.80. The SMILES string of the molecule is CC1CCC(CNC(=O)C2CNCCO2)CC1. The topological polar surface area (TPSA) is 50.4 Å². The van der Waals surface area contributed by atoms with Gasteiger partial charge in [-0.15, -0.1) is 0 Å². The normalized spacial score (nSPS) is 34.3. The first-order valence-electron chi connectivity index (χ1n) is 6.85. The molecule has 2 aliphatic rings. The van der Waals surface area contributed by atoms with Crippen molar-refractivity contribution in [2.75, 3.05) is 26.2 Å². The fraction of sp³-hybridized carbons (Fsp3) is 0.923. The first-order valence-corrected chi connectivity index (χ1v) is 6.85. The van der Waals surface area contributed by atoms with E-state index in [0.29, 0.717) is 19.1 Å². The Morgan fingerprint density at radius 3 is 2.76 bits per heavy atom. The molecule has 1 saturated carbocycles. The maximum atomic E-state index is 11.8. The molecule has 4 nitrogen and oxygen atoms in total. The van der Waals surface area contributed by atoms with E-state index in [4.69, 9.17) is 4.74 Å². The summed E-state index contributed by atoms with van der Waals surface area (Å²) in [6.07, 6.45) is 4.84. The van der Waals surface area contributed by atoms with Crippen molar-refractivity contribution in [1.82, 2.24) is 10.6 Å². The van der Waals surface area contributed by atoms with E-state index in [1.54, 1.807) is 0 Å². The van der Waals surface area contributed by atoms with Crippen LogP contribution in [0.3, 0.4) is 0 Å². The first-order chi connectivity index (χ1) is 8.25. The first kappa shape index (κ1) is 12.8. The van der Waals surface area contributed by atoms with E-state index < -0.39 is 0 Å². The highest BCUT2D eigenvalue weighted by molar-refractivity contribution is 5.81. The van der Waals surface area contributed by atoms with E-state index in [2.05, 4.69) is 17.6 Å². The average molecular weight is 240 g/mol. The lowest BCUT2D eigenvalue weighted by atomic mass is 9.83. The van der Waals surface area contributed by atoms with Gasteiger partial charge in [0.15, 0.2) is 0 Å². The van der Waals surface area contributed by atoms with Gasteiger partial charge in [0.25, 0.3) is 0 Å². The van der Waals surface area contributed by atoms with Crippen LogP contribution in [0, 0.1) is 11.8 Å². The molecule has 1 amide bonds. The van der Waals surface area contributed by atoms with E-state index >= 15 is 0 Å². The highest BCUT2D eigenvalue weighted by Gasteiger charge is 2.23. The summed E-state index contributed by atoms with van der Waals surface area (Å²) in [7, 11) is 0. The second-order valence-corrected chi connectivity index (χ2v) is 5.43. The smallest absolute Gasteiger partial charge is 0.250 e. The minimum absolute atomic E-state index is 0.0517. The van der Waals surface area contributed by atoms with Crippen molar-refractivity contribution in [3.63, 3.8) is 0 Å². The predicted octanol–water partition coefficient (Wildman–Crippen LogP) is 0.917. The summed E-state index contributed by atoms with van der Waals surface area (Å²) in [6, 6.07) is 0. The van der Waals surface area contributed by atoms with Crippen molar-refractivity contribution >= 4 is 5.91 Å². The molecule has 1 unspecified atom stereocenters. The summed E-state index contributed by atoms with van der Waals surface area (Å²) < 4.78 is 5.42. The summed E-state index contributed by atoms with van der Waals surface area (Å²) in [6.45, 7) is 5.28. The van der Waals surface area contributed by atoms with Gasteiger partial charge in [0.2, 0.25) is 5.91 Å². The number of nitrogens with one attached hydrogen (secondary N) is 2. The maximum absolute atomic E-state index is 11.8. The zero-order valence-corrected chi connectivity index (χ0v) is 10.7. The summed E-state index contributed by atoms with van der Waals surface area (Å²) in [5, 5.41) is 6.21. The van der Waals surface area contributed by atoms with E-state index in [-0.39, 0.29) is 12.0 Å².